The molecule has 0 saturated carbocycles. The monoisotopic (exact) mass is 365 g/mol. The van der Waals surface area contributed by atoms with E-state index in [1.54, 1.807) is 18.2 Å². The van der Waals surface area contributed by atoms with E-state index in [-0.39, 0.29) is 11.2 Å². The van der Waals surface area contributed by atoms with Gasteiger partial charge in [0.15, 0.2) is 0 Å². The summed E-state index contributed by atoms with van der Waals surface area (Å²) >= 11 is 18.2. The molecule has 1 aromatic heterocycles. The highest BCUT2D eigenvalue weighted by Gasteiger charge is 2.10. The van der Waals surface area contributed by atoms with E-state index in [1.807, 2.05) is 30.3 Å². The maximum absolute atomic E-state index is 6.12. The highest BCUT2D eigenvalue weighted by atomic mass is 35.5. The largest absolute Gasteiger partial charge is 0.324 e. The molecule has 116 valence electrons. The quantitative estimate of drug-likeness (QED) is 0.654. The number of anilines is 4. The minimum atomic E-state index is 0.0455. The predicted octanol–water partition coefficient (Wildman–Crippen LogP) is 5.32. The second kappa shape index (κ2) is 7.00. The van der Waals surface area contributed by atoms with Crippen LogP contribution < -0.4 is 10.6 Å². The van der Waals surface area contributed by atoms with Gasteiger partial charge in [-0.2, -0.15) is 15.0 Å². The summed E-state index contributed by atoms with van der Waals surface area (Å²) in [6.45, 7) is 0. The van der Waals surface area contributed by atoms with E-state index in [0.29, 0.717) is 21.7 Å². The Bertz CT molecular complexity index is 806. The van der Waals surface area contributed by atoms with Crippen LogP contribution in [0.15, 0.2) is 48.5 Å². The summed E-state index contributed by atoms with van der Waals surface area (Å²) in [5.74, 6) is 0.542. The maximum atomic E-state index is 6.12. The molecule has 0 spiro atoms. The van der Waals surface area contributed by atoms with Gasteiger partial charge in [-0.05, 0) is 35.9 Å². The van der Waals surface area contributed by atoms with Crippen molar-refractivity contribution in [2.24, 2.45) is 0 Å². The zero-order chi connectivity index (χ0) is 16.2. The third-order valence-corrected chi connectivity index (χ3v) is 3.64. The van der Waals surface area contributed by atoms with Crippen molar-refractivity contribution in [3.05, 3.63) is 63.9 Å². The lowest BCUT2D eigenvalue weighted by Gasteiger charge is -2.10. The third-order valence-electron chi connectivity index (χ3n) is 2.84. The first-order valence-electron chi connectivity index (χ1n) is 6.56. The van der Waals surface area contributed by atoms with Crippen molar-refractivity contribution in [1.29, 1.82) is 0 Å². The van der Waals surface area contributed by atoms with Gasteiger partial charge in [0.25, 0.3) is 0 Å². The number of aromatic nitrogens is 3. The fraction of sp³-hybridized carbons (Fsp3) is 0. The van der Waals surface area contributed by atoms with Crippen LogP contribution in [-0.4, -0.2) is 15.0 Å². The molecule has 0 radical (unpaired) electrons. The molecule has 0 aliphatic carbocycles. The summed E-state index contributed by atoms with van der Waals surface area (Å²) in [4.78, 5) is 12.3. The van der Waals surface area contributed by atoms with Crippen LogP contribution in [0.1, 0.15) is 0 Å². The summed E-state index contributed by atoms with van der Waals surface area (Å²) in [6.07, 6.45) is 0. The van der Waals surface area contributed by atoms with Crippen LogP contribution in [0.25, 0.3) is 0 Å². The van der Waals surface area contributed by atoms with Gasteiger partial charge in [0, 0.05) is 5.69 Å². The molecule has 2 N–H and O–H groups in total. The molecule has 2 aromatic carbocycles. The van der Waals surface area contributed by atoms with Crippen LogP contribution in [0.5, 0.6) is 0 Å². The van der Waals surface area contributed by atoms with Gasteiger partial charge in [0.1, 0.15) is 0 Å². The van der Waals surface area contributed by atoms with Crippen molar-refractivity contribution in [2.75, 3.05) is 10.6 Å². The minimum Gasteiger partial charge on any atom is -0.324 e. The Kier molecular flexibility index (Phi) is 4.81. The van der Waals surface area contributed by atoms with E-state index in [4.69, 9.17) is 34.8 Å². The van der Waals surface area contributed by atoms with Crippen LogP contribution in [0.4, 0.5) is 23.3 Å². The molecule has 23 heavy (non-hydrogen) atoms. The molecule has 5 nitrogen and oxygen atoms in total. The molecule has 0 atom stereocenters. The van der Waals surface area contributed by atoms with Gasteiger partial charge in [-0.15, -0.1) is 0 Å². The number of benzene rings is 2. The third kappa shape index (κ3) is 4.01. The van der Waals surface area contributed by atoms with Crippen LogP contribution in [0, 0.1) is 0 Å². The number of para-hydroxylation sites is 2. The van der Waals surface area contributed by atoms with Gasteiger partial charge >= 0.3 is 0 Å². The Hall–Kier alpha value is -2.08. The van der Waals surface area contributed by atoms with Crippen molar-refractivity contribution in [1.82, 2.24) is 15.0 Å². The summed E-state index contributed by atoms with van der Waals surface area (Å²) in [5.41, 5.74) is 1.33. The zero-order valence-corrected chi connectivity index (χ0v) is 13.9. The molecule has 0 fully saturated rings. The Balaban J connectivity index is 1.89. The van der Waals surface area contributed by atoms with Crippen molar-refractivity contribution in [2.45, 2.75) is 0 Å². The minimum absolute atomic E-state index is 0.0455. The van der Waals surface area contributed by atoms with E-state index in [1.165, 1.54) is 0 Å². The molecule has 1 heterocycles. The molecule has 0 saturated heterocycles. The summed E-state index contributed by atoms with van der Waals surface area (Å²) in [6, 6.07) is 14.6. The predicted molar refractivity (Wildman–Crippen MR) is 94.3 cm³/mol. The summed E-state index contributed by atoms with van der Waals surface area (Å²) < 4.78 is 0. The number of nitrogens with one attached hydrogen (secondary N) is 2. The van der Waals surface area contributed by atoms with E-state index in [9.17, 15) is 0 Å². The molecular weight excluding hydrogens is 357 g/mol. The topological polar surface area (TPSA) is 62.7 Å². The number of hydrogen-bond acceptors (Lipinski definition) is 5. The first-order valence-corrected chi connectivity index (χ1v) is 7.70. The summed E-state index contributed by atoms with van der Waals surface area (Å²) in [5, 5.41) is 6.95. The molecule has 3 aromatic rings. The van der Waals surface area contributed by atoms with Gasteiger partial charge < -0.3 is 10.6 Å². The Labute approximate surface area is 147 Å². The van der Waals surface area contributed by atoms with Gasteiger partial charge in [-0.3, -0.25) is 0 Å². The van der Waals surface area contributed by atoms with Crippen LogP contribution in [0.3, 0.4) is 0 Å². The average molecular weight is 367 g/mol. The van der Waals surface area contributed by atoms with Crippen molar-refractivity contribution < 1.29 is 0 Å². The van der Waals surface area contributed by atoms with Crippen molar-refractivity contribution in [3.8, 4) is 0 Å². The normalized spacial score (nSPS) is 10.4. The summed E-state index contributed by atoms with van der Waals surface area (Å²) in [7, 11) is 0. The fourth-order valence-corrected chi connectivity index (χ4v) is 2.49. The molecular formula is C15H10Cl3N5. The van der Waals surface area contributed by atoms with Crippen LogP contribution in [-0.2, 0) is 0 Å². The lowest BCUT2D eigenvalue weighted by Crippen LogP contribution is -2.04. The second-order valence-corrected chi connectivity index (χ2v) is 5.62. The van der Waals surface area contributed by atoms with Crippen molar-refractivity contribution >= 4 is 58.1 Å². The van der Waals surface area contributed by atoms with E-state index >= 15 is 0 Å². The molecule has 0 unspecified atom stereocenters. The van der Waals surface area contributed by atoms with Crippen LogP contribution >= 0.6 is 34.8 Å². The van der Waals surface area contributed by atoms with Crippen molar-refractivity contribution in [3.63, 3.8) is 0 Å². The van der Waals surface area contributed by atoms with Crippen LogP contribution in [0.2, 0.25) is 15.3 Å². The number of hydrogen-bond donors (Lipinski definition) is 2. The van der Waals surface area contributed by atoms with E-state index in [0.717, 1.165) is 5.69 Å². The highest BCUT2D eigenvalue weighted by molar-refractivity contribution is 6.39. The molecule has 0 amide bonds. The Morgan fingerprint density at radius 1 is 0.652 bits per heavy atom. The van der Waals surface area contributed by atoms with Gasteiger partial charge in [-0.25, -0.2) is 0 Å². The SMILES string of the molecule is Clc1nc(Nc2ccccc2)nc(Nc2c(Cl)cccc2Cl)n1. The zero-order valence-electron chi connectivity index (χ0n) is 11.6. The molecule has 0 bridgehead atoms. The van der Waals surface area contributed by atoms with E-state index < -0.39 is 0 Å². The molecule has 0 aliphatic rings. The lowest BCUT2D eigenvalue weighted by molar-refractivity contribution is 1.06. The highest BCUT2D eigenvalue weighted by Crippen LogP contribution is 2.32. The average Bonchev–Trinajstić information content (AvgIpc) is 2.51. The molecule has 8 heteroatoms. The molecule has 3 rings (SSSR count). The number of rotatable bonds is 4. The Morgan fingerprint density at radius 3 is 1.91 bits per heavy atom. The number of nitrogens with zero attached hydrogens (tertiary/aromatic N) is 3. The molecule has 0 aliphatic heterocycles. The first-order chi connectivity index (χ1) is 11.1. The van der Waals surface area contributed by atoms with E-state index in [2.05, 4.69) is 25.6 Å². The lowest BCUT2D eigenvalue weighted by atomic mass is 10.3. The van der Waals surface area contributed by atoms with Gasteiger partial charge in [-0.1, -0.05) is 47.5 Å². The maximum Gasteiger partial charge on any atom is 0.233 e. The number of halogens is 3. The first kappa shape index (κ1) is 15.8. The Morgan fingerprint density at radius 2 is 1.26 bits per heavy atom. The second-order valence-electron chi connectivity index (χ2n) is 4.46. The van der Waals surface area contributed by atoms with Gasteiger partial charge in [0.05, 0.1) is 15.7 Å². The fourth-order valence-electron chi connectivity index (χ4n) is 1.84. The smallest absolute Gasteiger partial charge is 0.233 e. The standard InChI is InChI=1S/C15H10Cl3N5/c16-10-7-4-8-11(17)12(10)20-15-22-13(18)21-14(23-15)19-9-5-2-1-3-6-9/h1-8H,(H2,19,20,21,22,23). The van der Waals surface area contributed by atoms with Gasteiger partial charge in [0.2, 0.25) is 17.2 Å².